The molecule has 0 saturated carbocycles. The van der Waals surface area contributed by atoms with Crippen molar-refractivity contribution in [1.82, 2.24) is 14.9 Å². The van der Waals surface area contributed by atoms with E-state index in [1.165, 1.54) is 23.3 Å². The first-order valence-corrected chi connectivity index (χ1v) is 10.2. The Morgan fingerprint density at radius 1 is 1.18 bits per heavy atom. The summed E-state index contributed by atoms with van der Waals surface area (Å²) in [5.74, 6) is 0.523. The van der Waals surface area contributed by atoms with Crippen LogP contribution >= 0.6 is 11.3 Å². The lowest BCUT2D eigenvalue weighted by Crippen LogP contribution is -2.50. The summed E-state index contributed by atoms with van der Waals surface area (Å²) in [7, 11) is 0. The number of rotatable bonds is 5. The molecule has 1 amide bonds. The maximum absolute atomic E-state index is 13.1. The normalized spacial score (nSPS) is 14.5. The van der Waals surface area contributed by atoms with E-state index in [0.29, 0.717) is 18.9 Å². The van der Waals surface area contributed by atoms with Crippen LogP contribution in [-0.4, -0.2) is 53.5 Å². The number of nitrogens with zero attached hydrogens (tertiary/aromatic N) is 4. The molecule has 1 aliphatic rings. The first-order valence-electron chi connectivity index (χ1n) is 9.39. The fourth-order valence-electron chi connectivity index (χ4n) is 3.36. The fraction of sp³-hybridized carbons (Fsp3) is 0.350. The number of amides is 1. The van der Waals surface area contributed by atoms with Gasteiger partial charge in [-0.15, -0.1) is 11.3 Å². The Kier molecular flexibility index (Phi) is 5.38. The van der Waals surface area contributed by atoms with E-state index in [-0.39, 0.29) is 18.3 Å². The topological polar surface area (TPSA) is 61.4 Å². The molecule has 146 valence electrons. The van der Waals surface area contributed by atoms with Crippen LogP contribution in [0.4, 0.5) is 15.9 Å². The molecule has 4 rings (SSSR count). The van der Waals surface area contributed by atoms with E-state index in [1.807, 2.05) is 4.90 Å². The number of aromatic nitrogens is 2. The van der Waals surface area contributed by atoms with Crippen LogP contribution in [0.5, 0.6) is 0 Å². The minimum atomic E-state index is -0.237. The summed E-state index contributed by atoms with van der Waals surface area (Å²) in [4.78, 5) is 27.4. The van der Waals surface area contributed by atoms with Crippen molar-refractivity contribution >= 4 is 39.0 Å². The molecule has 0 aliphatic carbocycles. The van der Waals surface area contributed by atoms with E-state index < -0.39 is 0 Å². The van der Waals surface area contributed by atoms with Crippen LogP contribution in [-0.2, 0) is 11.2 Å². The highest BCUT2D eigenvalue weighted by atomic mass is 32.1. The van der Waals surface area contributed by atoms with Crippen LogP contribution in [0.3, 0.4) is 0 Å². The second-order valence-electron chi connectivity index (χ2n) is 6.71. The number of hydrogen-bond donors (Lipinski definition) is 1. The van der Waals surface area contributed by atoms with Gasteiger partial charge >= 0.3 is 0 Å². The number of carbonyl (C=O) groups excluding carboxylic acids is 1. The number of aryl methyl sites for hydroxylation is 1. The van der Waals surface area contributed by atoms with Crippen LogP contribution in [0.25, 0.3) is 10.2 Å². The SMILES string of the molecule is CCc1cc2c(NCC(=O)N3CCN(c4ccc(F)cc4)CC3)ncnc2s1. The van der Waals surface area contributed by atoms with Gasteiger partial charge in [0.05, 0.1) is 11.9 Å². The maximum Gasteiger partial charge on any atom is 0.242 e. The lowest BCUT2D eigenvalue weighted by Gasteiger charge is -2.36. The molecule has 3 heterocycles. The van der Waals surface area contributed by atoms with Gasteiger partial charge in [-0.3, -0.25) is 4.79 Å². The first kappa shape index (κ1) is 18.6. The molecule has 28 heavy (non-hydrogen) atoms. The number of fused-ring (bicyclic) bond motifs is 1. The summed E-state index contributed by atoms with van der Waals surface area (Å²) in [5.41, 5.74) is 0.985. The number of nitrogens with one attached hydrogen (secondary N) is 1. The van der Waals surface area contributed by atoms with Crippen molar-refractivity contribution in [3.63, 3.8) is 0 Å². The van der Waals surface area contributed by atoms with Crippen molar-refractivity contribution in [1.29, 1.82) is 0 Å². The van der Waals surface area contributed by atoms with Crippen LogP contribution in [0.15, 0.2) is 36.7 Å². The van der Waals surface area contributed by atoms with Crippen LogP contribution in [0, 0.1) is 5.82 Å². The van der Waals surface area contributed by atoms with Gasteiger partial charge in [0.15, 0.2) is 0 Å². The zero-order chi connectivity index (χ0) is 19.5. The summed E-state index contributed by atoms with van der Waals surface area (Å²) in [6.45, 7) is 5.09. The van der Waals surface area contributed by atoms with Crippen molar-refractivity contribution in [3.05, 3.63) is 47.4 Å². The van der Waals surface area contributed by atoms with Gasteiger partial charge in [0, 0.05) is 36.7 Å². The first-order chi connectivity index (χ1) is 13.6. The number of halogens is 1. The Hall–Kier alpha value is -2.74. The molecule has 0 unspecified atom stereocenters. The van der Waals surface area contributed by atoms with Crippen molar-refractivity contribution in [2.75, 3.05) is 42.9 Å². The molecule has 8 heteroatoms. The van der Waals surface area contributed by atoms with E-state index in [9.17, 15) is 9.18 Å². The van der Waals surface area contributed by atoms with Crippen molar-refractivity contribution in [3.8, 4) is 0 Å². The lowest BCUT2D eigenvalue weighted by molar-refractivity contribution is -0.129. The summed E-state index contributed by atoms with van der Waals surface area (Å²) < 4.78 is 13.1. The number of benzene rings is 1. The highest BCUT2D eigenvalue weighted by Crippen LogP contribution is 2.28. The quantitative estimate of drug-likeness (QED) is 0.714. The van der Waals surface area contributed by atoms with E-state index in [2.05, 4.69) is 33.2 Å². The van der Waals surface area contributed by atoms with Gasteiger partial charge < -0.3 is 15.1 Å². The predicted molar refractivity (Wildman–Crippen MR) is 110 cm³/mol. The minimum Gasteiger partial charge on any atom is -0.368 e. The van der Waals surface area contributed by atoms with Crippen molar-refractivity contribution in [2.45, 2.75) is 13.3 Å². The second kappa shape index (κ2) is 8.10. The largest absolute Gasteiger partial charge is 0.368 e. The van der Waals surface area contributed by atoms with Gasteiger partial charge in [-0.1, -0.05) is 6.92 Å². The Bertz CT molecular complexity index is 966. The lowest BCUT2D eigenvalue weighted by atomic mass is 10.2. The smallest absolute Gasteiger partial charge is 0.242 e. The van der Waals surface area contributed by atoms with E-state index in [0.717, 1.165) is 35.4 Å². The Morgan fingerprint density at radius 2 is 1.93 bits per heavy atom. The zero-order valence-corrected chi connectivity index (χ0v) is 16.5. The molecular formula is C20H22FN5OS. The van der Waals surface area contributed by atoms with Gasteiger partial charge in [-0.2, -0.15) is 0 Å². The summed E-state index contributed by atoms with van der Waals surface area (Å²) in [6, 6.07) is 8.58. The van der Waals surface area contributed by atoms with Crippen molar-refractivity contribution < 1.29 is 9.18 Å². The molecule has 1 fully saturated rings. The molecule has 1 aromatic carbocycles. The molecule has 3 aromatic rings. The summed E-state index contributed by atoms with van der Waals surface area (Å²) in [6.07, 6.45) is 2.49. The van der Waals surface area contributed by atoms with Crippen molar-refractivity contribution in [2.24, 2.45) is 0 Å². The molecule has 2 aromatic heterocycles. The third kappa shape index (κ3) is 3.91. The molecule has 1 saturated heterocycles. The third-order valence-corrected chi connectivity index (χ3v) is 6.15. The molecule has 1 aliphatic heterocycles. The molecule has 0 bridgehead atoms. The molecular weight excluding hydrogens is 377 g/mol. The predicted octanol–water partition coefficient (Wildman–Crippen LogP) is 3.15. The second-order valence-corrected chi connectivity index (χ2v) is 7.82. The summed E-state index contributed by atoms with van der Waals surface area (Å²) >= 11 is 1.66. The molecule has 0 atom stereocenters. The Balaban J connectivity index is 1.34. The summed E-state index contributed by atoms with van der Waals surface area (Å²) in [5, 5.41) is 4.15. The molecule has 6 nitrogen and oxygen atoms in total. The number of anilines is 2. The minimum absolute atomic E-state index is 0.0523. The number of carbonyl (C=O) groups is 1. The van der Waals surface area contributed by atoms with Crippen LogP contribution in [0.1, 0.15) is 11.8 Å². The Morgan fingerprint density at radius 3 is 2.64 bits per heavy atom. The highest BCUT2D eigenvalue weighted by molar-refractivity contribution is 7.18. The average Bonchev–Trinajstić information content (AvgIpc) is 3.17. The van der Waals surface area contributed by atoms with Crippen LogP contribution in [0.2, 0.25) is 0 Å². The average molecular weight is 399 g/mol. The Labute approximate surface area is 167 Å². The monoisotopic (exact) mass is 399 g/mol. The fourth-order valence-corrected chi connectivity index (χ4v) is 4.29. The standard InChI is InChI=1S/C20H22FN5OS/c1-2-16-11-17-19(23-13-24-20(17)28-16)22-12-18(27)26-9-7-25(8-10-26)15-5-3-14(21)4-6-15/h3-6,11,13H,2,7-10,12H2,1H3,(H,22,23,24). The van der Waals surface area contributed by atoms with E-state index in [4.69, 9.17) is 0 Å². The number of thiophene rings is 1. The van der Waals surface area contributed by atoms with Gasteiger partial charge in [-0.05, 0) is 36.8 Å². The van der Waals surface area contributed by atoms with Gasteiger partial charge in [0.2, 0.25) is 5.91 Å². The molecule has 1 N–H and O–H groups in total. The maximum atomic E-state index is 13.1. The van der Waals surface area contributed by atoms with Gasteiger partial charge in [-0.25, -0.2) is 14.4 Å². The molecule has 0 spiro atoms. The third-order valence-electron chi connectivity index (χ3n) is 4.96. The highest BCUT2D eigenvalue weighted by Gasteiger charge is 2.21. The number of piperazine rings is 1. The van der Waals surface area contributed by atoms with E-state index >= 15 is 0 Å². The number of hydrogen-bond acceptors (Lipinski definition) is 6. The van der Waals surface area contributed by atoms with Gasteiger partial charge in [0.25, 0.3) is 0 Å². The van der Waals surface area contributed by atoms with Gasteiger partial charge in [0.1, 0.15) is 22.8 Å². The molecule has 0 radical (unpaired) electrons. The van der Waals surface area contributed by atoms with Crippen LogP contribution < -0.4 is 10.2 Å². The van der Waals surface area contributed by atoms with E-state index in [1.54, 1.807) is 23.5 Å². The zero-order valence-electron chi connectivity index (χ0n) is 15.7.